The molecular formula is C18H19F3N2O6. The van der Waals surface area contributed by atoms with Gasteiger partial charge in [-0.1, -0.05) is 0 Å². The van der Waals surface area contributed by atoms with Crippen LogP contribution >= 0.6 is 0 Å². The van der Waals surface area contributed by atoms with Gasteiger partial charge in [-0.25, -0.2) is 4.79 Å². The lowest BCUT2D eigenvalue weighted by molar-refractivity contribution is -0.189. The highest BCUT2D eigenvalue weighted by molar-refractivity contribution is 6.11. The van der Waals surface area contributed by atoms with E-state index in [1.165, 1.54) is 33.3 Å². The van der Waals surface area contributed by atoms with E-state index in [0.29, 0.717) is 0 Å². The number of carbonyl (C=O) groups is 3. The van der Waals surface area contributed by atoms with Crippen LogP contribution in [-0.4, -0.2) is 50.3 Å². The Morgan fingerprint density at radius 3 is 2.31 bits per heavy atom. The molecule has 0 saturated carbocycles. The number of hydrogen-bond donors (Lipinski definition) is 2. The van der Waals surface area contributed by atoms with E-state index >= 15 is 0 Å². The first kappa shape index (κ1) is 22.1. The number of nitrogens with one attached hydrogen (secondary N) is 2. The van der Waals surface area contributed by atoms with Crippen molar-refractivity contribution in [1.29, 1.82) is 0 Å². The second-order valence-electron chi connectivity index (χ2n) is 5.95. The number of esters is 1. The lowest BCUT2D eigenvalue weighted by atomic mass is 9.88. The highest BCUT2D eigenvalue weighted by Gasteiger charge is 2.69. The van der Waals surface area contributed by atoms with Crippen LogP contribution in [0.1, 0.15) is 24.2 Å². The fourth-order valence-corrected chi connectivity index (χ4v) is 2.91. The van der Waals surface area contributed by atoms with Crippen molar-refractivity contribution in [3.8, 4) is 11.5 Å². The zero-order valence-electron chi connectivity index (χ0n) is 16.0. The highest BCUT2D eigenvalue weighted by atomic mass is 19.4. The Balaban J connectivity index is 2.55. The SMILES string of the molecule is CCOC(=O)C1=C(C)NC(=O)[C@]1(NC(=O)c1ccc(OC)c(OC)c1)C(F)(F)F. The monoisotopic (exact) mass is 416 g/mol. The van der Waals surface area contributed by atoms with Crippen molar-refractivity contribution in [3.05, 3.63) is 35.0 Å². The molecule has 8 nitrogen and oxygen atoms in total. The maximum absolute atomic E-state index is 14.1. The summed E-state index contributed by atoms with van der Waals surface area (Å²) in [7, 11) is 2.63. The predicted molar refractivity (Wildman–Crippen MR) is 93.3 cm³/mol. The predicted octanol–water partition coefficient (Wildman–Crippen LogP) is 1.70. The first-order chi connectivity index (χ1) is 13.5. The van der Waals surface area contributed by atoms with Gasteiger partial charge in [0, 0.05) is 11.3 Å². The van der Waals surface area contributed by atoms with Crippen LogP contribution in [0, 0.1) is 0 Å². The Hall–Kier alpha value is -3.24. The first-order valence-electron chi connectivity index (χ1n) is 8.34. The molecule has 0 unspecified atom stereocenters. The fraction of sp³-hybridized carbons (Fsp3) is 0.389. The number of carbonyl (C=O) groups excluding carboxylic acids is 3. The number of hydrogen-bond acceptors (Lipinski definition) is 6. The van der Waals surface area contributed by atoms with E-state index in [9.17, 15) is 27.6 Å². The number of ether oxygens (including phenoxy) is 3. The highest BCUT2D eigenvalue weighted by Crippen LogP contribution is 2.42. The minimum Gasteiger partial charge on any atom is -0.493 e. The Morgan fingerprint density at radius 1 is 1.17 bits per heavy atom. The molecule has 2 rings (SSSR count). The average molecular weight is 416 g/mol. The van der Waals surface area contributed by atoms with Crippen molar-refractivity contribution in [2.45, 2.75) is 25.6 Å². The van der Waals surface area contributed by atoms with Crippen molar-refractivity contribution < 1.29 is 41.8 Å². The van der Waals surface area contributed by atoms with Gasteiger partial charge in [-0.2, -0.15) is 13.2 Å². The van der Waals surface area contributed by atoms with Crippen LogP contribution in [0.15, 0.2) is 29.5 Å². The molecule has 1 aromatic rings. The fourth-order valence-electron chi connectivity index (χ4n) is 2.91. The Labute approximate surface area is 164 Å². The van der Waals surface area contributed by atoms with Gasteiger partial charge in [0.05, 0.1) is 20.8 Å². The second-order valence-corrected chi connectivity index (χ2v) is 5.95. The van der Waals surface area contributed by atoms with E-state index in [4.69, 9.17) is 9.47 Å². The van der Waals surface area contributed by atoms with E-state index < -0.39 is 35.1 Å². The second kappa shape index (κ2) is 8.02. The molecule has 2 N–H and O–H groups in total. The third-order valence-corrected chi connectivity index (χ3v) is 4.24. The largest absolute Gasteiger partial charge is 0.493 e. The molecule has 1 aliphatic heterocycles. The van der Waals surface area contributed by atoms with Crippen molar-refractivity contribution in [3.63, 3.8) is 0 Å². The zero-order valence-corrected chi connectivity index (χ0v) is 16.0. The van der Waals surface area contributed by atoms with Gasteiger partial charge in [-0.3, -0.25) is 9.59 Å². The molecule has 2 amide bonds. The number of halogens is 3. The van der Waals surface area contributed by atoms with Gasteiger partial charge in [0.25, 0.3) is 11.8 Å². The summed E-state index contributed by atoms with van der Waals surface area (Å²) in [5, 5.41) is 3.64. The molecule has 11 heteroatoms. The van der Waals surface area contributed by atoms with Crippen LogP contribution in [0.5, 0.6) is 11.5 Å². The third-order valence-electron chi connectivity index (χ3n) is 4.24. The van der Waals surface area contributed by atoms with Crippen molar-refractivity contribution >= 4 is 17.8 Å². The molecule has 1 aromatic carbocycles. The number of allylic oxidation sites excluding steroid dienone is 1. The van der Waals surface area contributed by atoms with Gasteiger partial charge in [0.1, 0.15) is 5.57 Å². The van der Waals surface area contributed by atoms with E-state index in [2.05, 4.69) is 4.74 Å². The average Bonchev–Trinajstić information content (AvgIpc) is 2.91. The number of amides is 2. The number of rotatable bonds is 6. The summed E-state index contributed by atoms with van der Waals surface area (Å²) in [6.45, 7) is 2.29. The summed E-state index contributed by atoms with van der Waals surface area (Å²) in [5.41, 5.74) is -5.23. The van der Waals surface area contributed by atoms with Crippen molar-refractivity contribution in [2.24, 2.45) is 0 Å². The van der Waals surface area contributed by atoms with E-state index in [0.717, 1.165) is 13.0 Å². The van der Waals surface area contributed by atoms with E-state index in [-0.39, 0.29) is 29.4 Å². The first-order valence-corrected chi connectivity index (χ1v) is 8.34. The molecule has 1 heterocycles. The van der Waals surface area contributed by atoms with Crippen LogP contribution in [0.25, 0.3) is 0 Å². The molecule has 0 saturated heterocycles. The Bertz CT molecular complexity index is 881. The Kier molecular flexibility index (Phi) is 6.10. The topological polar surface area (TPSA) is 103 Å². The van der Waals surface area contributed by atoms with Gasteiger partial charge >= 0.3 is 12.1 Å². The van der Waals surface area contributed by atoms with Crippen molar-refractivity contribution in [2.75, 3.05) is 20.8 Å². The van der Waals surface area contributed by atoms with Crippen LogP contribution < -0.4 is 20.1 Å². The maximum atomic E-state index is 14.1. The summed E-state index contributed by atoms with van der Waals surface area (Å²) < 4.78 is 56.9. The van der Waals surface area contributed by atoms with Crippen LogP contribution in [-0.2, 0) is 14.3 Å². The summed E-state index contributed by atoms with van der Waals surface area (Å²) in [6, 6.07) is 3.65. The summed E-state index contributed by atoms with van der Waals surface area (Å²) in [6.07, 6.45) is -5.33. The van der Waals surface area contributed by atoms with Crippen LogP contribution in [0.3, 0.4) is 0 Å². The van der Waals surface area contributed by atoms with Gasteiger partial charge in [0.15, 0.2) is 11.5 Å². The van der Waals surface area contributed by atoms with Crippen LogP contribution in [0.4, 0.5) is 13.2 Å². The summed E-state index contributed by atoms with van der Waals surface area (Å²) in [4.78, 5) is 37.2. The lowest BCUT2D eigenvalue weighted by Crippen LogP contribution is -2.66. The summed E-state index contributed by atoms with van der Waals surface area (Å²) >= 11 is 0. The molecular weight excluding hydrogens is 397 g/mol. The minimum atomic E-state index is -5.33. The van der Waals surface area contributed by atoms with Gasteiger partial charge in [-0.05, 0) is 32.0 Å². The van der Waals surface area contributed by atoms with Gasteiger partial charge in [-0.15, -0.1) is 0 Å². The molecule has 0 spiro atoms. The standard InChI is InChI=1S/C18H19F3N2O6/c1-5-29-15(25)13-9(2)22-16(26)17(13,18(19,20)21)23-14(24)10-6-7-11(27-3)12(8-10)28-4/h6-8H,5H2,1-4H3,(H,22,26)(H,23,24)/t17-/m0/s1. The molecule has 1 aliphatic rings. The molecule has 0 aliphatic carbocycles. The van der Waals surface area contributed by atoms with Gasteiger partial charge in [0.2, 0.25) is 5.54 Å². The minimum absolute atomic E-state index is 0.0921. The Morgan fingerprint density at radius 2 is 1.79 bits per heavy atom. The number of benzene rings is 1. The van der Waals surface area contributed by atoms with Crippen LogP contribution in [0.2, 0.25) is 0 Å². The molecule has 0 aromatic heterocycles. The lowest BCUT2D eigenvalue weighted by Gasteiger charge is -2.31. The maximum Gasteiger partial charge on any atom is 0.425 e. The normalized spacial score (nSPS) is 18.9. The molecule has 0 fully saturated rings. The van der Waals surface area contributed by atoms with E-state index in [1.807, 2.05) is 5.32 Å². The third kappa shape index (κ3) is 3.71. The van der Waals surface area contributed by atoms with Gasteiger partial charge < -0.3 is 24.8 Å². The molecule has 1 atom stereocenters. The quantitative estimate of drug-likeness (QED) is 0.685. The van der Waals surface area contributed by atoms with Crippen molar-refractivity contribution in [1.82, 2.24) is 10.6 Å². The zero-order chi connectivity index (χ0) is 22.0. The summed E-state index contributed by atoms with van der Waals surface area (Å²) in [5.74, 6) is -3.90. The van der Waals surface area contributed by atoms with E-state index in [1.54, 1.807) is 5.32 Å². The molecule has 0 bridgehead atoms. The number of alkyl halides is 3. The number of methoxy groups -OCH3 is 2. The smallest absolute Gasteiger partial charge is 0.425 e. The molecule has 29 heavy (non-hydrogen) atoms. The molecule has 0 radical (unpaired) electrons. The molecule has 158 valence electrons.